The zero-order valence-electron chi connectivity index (χ0n) is 17.7. The number of nitrogens with one attached hydrogen (secondary N) is 1. The number of para-hydroxylation sites is 2. The second-order valence-corrected chi connectivity index (χ2v) is 8.86. The van der Waals surface area contributed by atoms with E-state index in [-0.39, 0.29) is 29.6 Å². The third-order valence-electron chi connectivity index (χ3n) is 5.32. The molecule has 1 aliphatic heterocycles. The molecule has 2 rings (SSSR count). The average molecular weight is 419 g/mol. The fourth-order valence-electron chi connectivity index (χ4n) is 3.84. The molecule has 7 heteroatoms. The van der Waals surface area contributed by atoms with Crippen LogP contribution in [0.3, 0.4) is 0 Å². The van der Waals surface area contributed by atoms with E-state index in [0.717, 1.165) is 22.8 Å². The number of hydrogen-bond acceptors (Lipinski definition) is 4. The predicted molar refractivity (Wildman–Crippen MR) is 112 cm³/mol. The average Bonchev–Trinajstić information content (AvgIpc) is 3.01. The maximum Gasteiger partial charge on any atom is 1.00 e. The van der Waals surface area contributed by atoms with Crippen LogP contribution < -0.4 is 39.2 Å². The van der Waals surface area contributed by atoms with Gasteiger partial charge in [0.05, 0.1) is 11.4 Å². The number of benzene rings is 1. The van der Waals surface area contributed by atoms with Crippen LogP contribution in [0, 0.1) is 0 Å². The molecule has 1 unspecified atom stereocenters. The van der Waals surface area contributed by atoms with Crippen molar-refractivity contribution in [2.24, 2.45) is 0 Å². The van der Waals surface area contributed by atoms with Crippen LogP contribution in [0.15, 0.2) is 24.3 Å². The zero-order valence-corrected chi connectivity index (χ0v) is 20.5. The Labute approximate surface area is 193 Å². The summed E-state index contributed by atoms with van der Waals surface area (Å²) in [4.78, 5) is 0. The van der Waals surface area contributed by atoms with Gasteiger partial charge in [-0.3, -0.25) is 4.31 Å². The molecule has 0 saturated heterocycles. The Balaban J connectivity index is 0.00000392. The maximum atomic E-state index is 11.7. The largest absolute Gasteiger partial charge is 1.00 e. The second-order valence-electron chi connectivity index (χ2n) is 7.61. The summed E-state index contributed by atoms with van der Waals surface area (Å²) < 4.78 is 36.0. The van der Waals surface area contributed by atoms with Crippen molar-refractivity contribution in [3.63, 3.8) is 0 Å². The maximum absolute atomic E-state index is 11.7. The van der Waals surface area contributed by atoms with Crippen molar-refractivity contribution in [3.05, 3.63) is 24.3 Å². The van der Waals surface area contributed by atoms with Crippen molar-refractivity contribution >= 4 is 21.7 Å². The van der Waals surface area contributed by atoms with E-state index in [1.54, 1.807) is 12.1 Å². The molecule has 0 amide bonds. The summed E-state index contributed by atoms with van der Waals surface area (Å²) in [5.74, 6) is 0. The summed E-state index contributed by atoms with van der Waals surface area (Å²) in [6.07, 6.45) is 15.4. The molecule has 1 atom stereocenters. The van der Waals surface area contributed by atoms with Gasteiger partial charge in [0, 0.05) is 0 Å². The summed E-state index contributed by atoms with van der Waals surface area (Å²) in [6, 6.07) is 7.09. The normalized spacial score (nSPS) is 15.8. The van der Waals surface area contributed by atoms with Gasteiger partial charge in [-0.25, -0.2) is 8.42 Å². The Morgan fingerprint density at radius 2 is 1.39 bits per heavy atom. The summed E-state index contributed by atoms with van der Waals surface area (Å²) in [5.41, 5.74) is 1.19. The third kappa shape index (κ3) is 8.62. The monoisotopic (exact) mass is 418 g/mol. The van der Waals surface area contributed by atoms with Gasteiger partial charge in [0.15, 0.2) is 10.3 Å². The molecule has 28 heavy (non-hydrogen) atoms. The van der Waals surface area contributed by atoms with Crippen LogP contribution in [0.25, 0.3) is 0 Å². The van der Waals surface area contributed by atoms with Crippen molar-refractivity contribution in [1.29, 1.82) is 0 Å². The van der Waals surface area contributed by atoms with Crippen LogP contribution in [-0.4, -0.2) is 19.1 Å². The predicted octanol–water partition coefficient (Wildman–Crippen LogP) is 2.80. The fraction of sp³-hybridized carbons (Fsp3) is 0.714. The van der Waals surface area contributed by atoms with Gasteiger partial charge in [-0.05, 0) is 25.0 Å². The standard InChI is InChI=1S/C21H36N2O3S.Na/c1-2-3-4-5-6-7-8-9-10-11-12-13-18-21-22-19-16-14-15-17-20(19)23(21)27(24,25)26;/h14-17,21-22H,2-13,18H2,1H3,(H,24,25,26);/q;+1/p-1. The van der Waals surface area contributed by atoms with Crippen molar-refractivity contribution in [2.75, 3.05) is 9.62 Å². The molecule has 0 saturated carbocycles. The van der Waals surface area contributed by atoms with E-state index in [9.17, 15) is 13.0 Å². The quantitative estimate of drug-likeness (QED) is 0.286. The van der Waals surface area contributed by atoms with E-state index < -0.39 is 16.5 Å². The van der Waals surface area contributed by atoms with E-state index in [1.807, 2.05) is 12.1 Å². The molecule has 0 bridgehead atoms. The van der Waals surface area contributed by atoms with Crippen molar-refractivity contribution in [3.8, 4) is 0 Å². The number of anilines is 2. The first kappa shape index (κ1) is 25.8. The summed E-state index contributed by atoms with van der Waals surface area (Å²) >= 11 is 0. The first-order valence-electron chi connectivity index (χ1n) is 10.6. The van der Waals surface area contributed by atoms with Gasteiger partial charge in [-0.15, -0.1) is 0 Å². The molecular weight excluding hydrogens is 383 g/mol. The van der Waals surface area contributed by atoms with Crippen LogP contribution in [0.4, 0.5) is 11.4 Å². The Morgan fingerprint density at radius 3 is 1.93 bits per heavy atom. The Hall–Kier alpha value is -0.270. The van der Waals surface area contributed by atoms with Gasteiger partial charge >= 0.3 is 29.6 Å². The molecule has 0 radical (unpaired) electrons. The number of rotatable bonds is 14. The van der Waals surface area contributed by atoms with E-state index in [1.165, 1.54) is 64.2 Å². The first-order chi connectivity index (χ1) is 13.0. The van der Waals surface area contributed by atoms with Gasteiger partial charge in [-0.2, -0.15) is 0 Å². The Kier molecular flexibility index (Phi) is 12.8. The molecule has 1 aliphatic rings. The zero-order chi connectivity index (χ0) is 19.5. The SMILES string of the molecule is CCCCCCCCCCCCCCC1Nc2ccccc2N1S(=O)(=O)[O-].[Na+]. The van der Waals surface area contributed by atoms with E-state index in [2.05, 4.69) is 12.2 Å². The Morgan fingerprint density at radius 1 is 0.893 bits per heavy atom. The molecule has 0 fully saturated rings. The molecule has 5 nitrogen and oxygen atoms in total. The first-order valence-corrected chi connectivity index (χ1v) is 12.0. The topological polar surface area (TPSA) is 72.5 Å². The van der Waals surface area contributed by atoms with Crippen LogP contribution in [0.1, 0.15) is 90.4 Å². The van der Waals surface area contributed by atoms with Gasteiger partial charge in [-0.1, -0.05) is 89.7 Å². The van der Waals surface area contributed by atoms with Crippen LogP contribution in [0.2, 0.25) is 0 Å². The van der Waals surface area contributed by atoms with Crippen LogP contribution in [-0.2, 0) is 10.3 Å². The number of fused-ring (bicyclic) bond motifs is 1. The summed E-state index contributed by atoms with van der Waals surface area (Å²) in [5, 5.41) is 3.18. The molecule has 0 aromatic heterocycles. The Bertz CT molecular complexity index is 655. The molecule has 0 aliphatic carbocycles. The minimum absolute atomic E-state index is 0. The van der Waals surface area contributed by atoms with Crippen LogP contribution in [0.5, 0.6) is 0 Å². The van der Waals surface area contributed by atoms with Crippen molar-refractivity contribution in [1.82, 2.24) is 0 Å². The van der Waals surface area contributed by atoms with Crippen LogP contribution >= 0.6 is 0 Å². The number of nitrogens with zero attached hydrogens (tertiary/aromatic N) is 1. The summed E-state index contributed by atoms with van der Waals surface area (Å²) in [7, 11) is -4.51. The second kappa shape index (κ2) is 13.9. The molecular formula is C21H35N2NaO3S. The van der Waals surface area contributed by atoms with E-state index in [4.69, 9.17) is 0 Å². The molecule has 154 valence electrons. The minimum atomic E-state index is -4.51. The summed E-state index contributed by atoms with van der Waals surface area (Å²) in [6.45, 7) is 2.25. The van der Waals surface area contributed by atoms with Gasteiger partial charge in [0.1, 0.15) is 6.17 Å². The molecule has 1 aromatic carbocycles. The molecule has 1 N–H and O–H groups in total. The number of hydrogen-bond donors (Lipinski definition) is 1. The number of unbranched alkanes of at least 4 members (excludes halogenated alkanes) is 11. The molecule has 1 heterocycles. The molecule has 0 spiro atoms. The van der Waals surface area contributed by atoms with Crippen molar-refractivity contribution in [2.45, 2.75) is 96.6 Å². The van der Waals surface area contributed by atoms with E-state index in [0.29, 0.717) is 12.1 Å². The van der Waals surface area contributed by atoms with E-state index >= 15 is 0 Å². The van der Waals surface area contributed by atoms with Gasteiger partial charge < -0.3 is 9.87 Å². The third-order valence-corrected chi connectivity index (χ3v) is 6.25. The molecule has 1 aromatic rings. The fourth-order valence-corrected chi connectivity index (χ4v) is 4.71. The van der Waals surface area contributed by atoms with Gasteiger partial charge in [0.2, 0.25) is 0 Å². The van der Waals surface area contributed by atoms with Gasteiger partial charge in [0.25, 0.3) is 0 Å². The van der Waals surface area contributed by atoms with Crippen molar-refractivity contribution < 1.29 is 42.5 Å². The smallest absolute Gasteiger partial charge is 0.731 e. The minimum Gasteiger partial charge on any atom is -0.731 e.